The predicted octanol–water partition coefficient (Wildman–Crippen LogP) is 2.22. The van der Waals surface area contributed by atoms with E-state index in [1.165, 1.54) is 0 Å². The summed E-state index contributed by atoms with van der Waals surface area (Å²) in [6.45, 7) is 8.09. The predicted molar refractivity (Wildman–Crippen MR) is 75.5 cm³/mol. The SMILES string of the molecule is COC[C@@H](C)NC(=O)[C@H](C)Oc1cc(C)ccc1C. The maximum Gasteiger partial charge on any atom is 0.261 e. The highest BCUT2D eigenvalue weighted by Gasteiger charge is 2.17. The minimum absolute atomic E-state index is 0.0258. The molecule has 4 heteroatoms. The Morgan fingerprint density at radius 1 is 1.32 bits per heavy atom. The van der Waals surface area contributed by atoms with Crippen molar-refractivity contribution in [1.29, 1.82) is 0 Å². The largest absolute Gasteiger partial charge is 0.481 e. The van der Waals surface area contributed by atoms with Gasteiger partial charge in [-0.1, -0.05) is 12.1 Å². The van der Waals surface area contributed by atoms with Crippen molar-refractivity contribution in [1.82, 2.24) is 5.32 Å². The molecule has 0 saturated heterocycles. The number of methoxy groups -OCH3 is 1. The molecule has 0 heterocycles. The van der Waals surface area contributed by atoms with Gasteiger partial charge in [-0.2, -0.15) is 0 Å². The number of benzene rings is 1. The summed E-state index contributed by atoms with van der Waals surface area (Å²) in [6, 6.07) is 5.93. The summed E-state index contributed by atoms with van der Waals surface area (Å²) in [5.41, 5.74) is 2.14. The van der Waals surface area contributed by atoms with E-state index in [1.807, 2.05) is 39.0 Å². The molecule has 19 heavy (non-hydrogen) atoms. The van der Waals surface area contributed by atoms with Crippen molar-refractivity contribution < 1.29 is 14.3 Å². The molecule has 1 rings (SSSR count). The molecule has 0 spiro atoms. The molecule has 0 bridgehead atoms. The lowest BCUT2D eigenvalue weighted by Crippen LogP contribution is -2.43. The Labute approximate surface area is 115 Å². The van der Waals surface area contributed by atoms with Gasteiger partial charge in [0.25, 0.3) is 5.91 Å². The molecule has 1 aromatic rings. The Morgan fingerprint density at radius 3 is 2.63 bits per heavy atom. The van der Waals surface area contributed by atoms with Crippen molar-refractivity contribution in [2.75, 3.05) is 13.7 Å². The molecule has 2 atom stereocenters. The van der Waals surface area contributed by atoms with Crippen LogP contribution in [-0.2, 0) is 9.53 Å². The number of carbonyl (C=O) groups excluding carboxylic acids is 1. The Morgan fingerprint density at radius 2 is 2.00 bits per heavy atom. The van der Waals surface area contributed by atoms with E-state index in [9.17, 15) is 4.79 Å². The van der Waals surface area contributed by atoms with Crippen LogP contribution in [0.1, 0.15) is 25.0 Å². The highest BCUT2D eigenvalue weighted by Crippen LogP contribution is 2.20. The molecule has 0 saturated carbocycles. The first-order valence-electron chi connectivity index (χ1n) is 6.47. The van der Waals surface area contributed by atoms with E-state index in [4.69, 9.17) is 9.47 Å². The van der Waals surface area contributed by atoms with Gasteiger partial charge in [-0.05, 0) is 44.9 Å². The lowest BCUT2D eigenvalue weighted by atomic mass is 10.1. The molecule has 1 amide bonds. The van der Waals surface area contributed by atoms with Crippen LogP contribution >= 0.6 is 0 Å². The average Bonchev–Trinajstić information content (AvgIpc) is 2.34. The zero-order valence-corrected chi connectivity index (χ0v) is 12.3. The molecule has 0 aliphatic rings. The number of aryl methyl sites for hydroxylation is 2. The van der Waals surface area contributed by atoms with E-state index in [0.717, 1.165) is 16.9 Å². The third-order valence-corrected chi connectivity index (χ3v) is 2.82. The first-order chi connectivity index (χ1) is 8.93. The van der Waals surface area contributed by atoms with Gasteiger partial charge < -0.3 is 14.8 Å². The second-order valence-electron chi connectivity index (χ2n) is 4.89. The van der Waals surface area contributed by atoms with E-state index in [-0.39, 0.29) is 11.9 Å². The first kappa shape index (κ1) is 15.5. The Bertz CT molecular complexity index is 431. The molecule has 0 aliphatic carbocycles. The van der Waals surface area contributed by atoms with Gasteiger partial charge in [0.05, 0.1) is 6.61 Å². The second kappa shape index (κ2) is 7.14. The van der Waals surface area contributed by atoms with Gasteiger partial charge in [-0.3, -0.25) is 4.79 Å². The number of hydrogen-bond acceptors (Lipinski definition) is 3. The van der Waals surface area contributed by atoms with Crippen molar-refractivity contribution in [2.24, 2.45) is 0 Å². The van der Waals surface area contributed by atoms with Crippen molar-refractivity contribution >= 4 is 5.91 Å². The monoisotopic (exact) mass is 265 g/mol. The maximum atomic E-state index is 11.9. The van der Waals surface area contributed by atoms with Crippen LogP contribution in [-0.4, -0.2) is 31.8 Å². The van der Waals surface area contributed by atoms with E-state index in [2.05, 4.69) is 5.32 Å². The fourth-order valence-corrected chi connectivity index (χ4v) is 1.73. The van der Waals surface area contributed by atoms with Crippen LogP contribution in [0.4, 0.5) is 0 Å². The smallest absolute Gasteiger partial charge is 0.261 e. The van der Waals surface area contributed by atoms with Gasteiger partial charge >= 0.3 is 0 Å². The lowest BCUT2D eigenvalue weighted by molar-refractivity contribution is -0.128. The van der Waals surface area contributed by atoms with Gasteiger partial charge in [-0.15, -0.1) is 0 Å². The zero-order chi connectivity index (χ0) is 14.4. The molecule has 0 unspecified atom stereocenters. The van der Waals surface area contributed by atoms with Crippen LogP contribution in [0.25, 0.3) is 0 Å². The van der Waals surface area contributed by atoms with E-state index >= 15 is 0 Å². The van der Waals surface area contributed by atoms with Gasteiger partial charge in [-0.25, -0.2) is 0 Å². The molecule has 106 valence electrons. The molecule has 4 nitrogen and oxygen atoms in total. The molecule has 0 fully saturated rings. The summed E-state index contributed by atoms with van der Waals surface area (Å²) >= 11 is 0. The van der Waals surface area contributed by atoms with E-state index in [0.29, 0.717) is 6.61 Å². The molecule has 0 radical (unpaired) electrons. The van der Waals surface area contributed by atoms with E-state index < -0.39 is 6.10 Å². The normalized spacial score (nSPS) is 13.7. The molecular formula is C15H23NO3. The van der Waals surface area contributed by atoms with Crippen molar-refractivity contribution in [3.8, 4) is 5.75 Å². The average molecular weight is 265 g/mol. The van der Waals surface area contributed by atoms with Crippen LogP contribution in [0, 0.1) is 13.8 Å². The quantitative estimate of drug-likeness (QED) is 0.858. The van der Waals surface area contributed by atoms with Gasteiger partial charge in [0.15, 0.2) is 6.10 Å². The fraction of sp³-hybridized carbons (Fsp3) is 0.533. The second-order valence-corrected chi connectivity index (χ2v) is 4.89. The van der Waals surface area contributed by atoms with Crippen molar-refractivity contribution in [2.45, 2.75) is 39.8 Å². The topological polar surface area (TPSA) is 47.6 Å². The van der Waals surface area contributed by atoms with Crippen molar-refractivity contribution in [3.63, 3.8) is 0 Å². The molecule has 0 aromatic heterocycles. The summed E-state index contributed by atoms with van der Waals surface area (Å²) in [4.78, 5) is 11.9. The van der Waals surface area contributed by atoms with Crippen LogP contribution < -0.4 is 10.1 Å². The summed E-state index contributed by atoms with van der Waals surface area (Å²) in [5.74, 6) is 0.618. The Hall–Kier alpha value is -1.55. The summed E-state index contributed by atoms with van der Waals surface area (Å²) < 4.78 is 10.7. The molecular weight excluding hydrogens is 242 g/mol. The fourth-order valence-electron chi connectivity index (χ4n) is 1.73. The number of ether oxygens (including phenoxy) is 2. The van der Waals surface area contributed by atoms with Gasteiger partial charge in [0.1, 0.15) is 5.75 Å². The Kier molecular flexibility index (Phi) is 5.83. The van der Waals surface area contributed by atoms with Crippen LogP contribution in [0.2, 0.25) is 0 Å². The summed E-state index contributed by atoms with van der Waals surface area (Å²) in [5, 5.41) is 2.85. The highest BCUT2D eigenvalue weighted by molar-refractivity contribution is 5.81. The minimum atomic E-state index is -0.528. The van der Waals surface area contributed by atoms with Crippen LogP contribution in [0.15, 0.2) is 18.2 Å². The number of amides is 1. The number of rotatable bonds is 6. The Balaban J connectivity index is 2.61. The van der Waals surface area contributed by atoms with Gasteiger partial charge in [0, 0.05) is 13.2 Å². The maximum absolute atomic E-state index is 11.9. The lowest BCUT2D eigenvalue weighted by Gasteiger charge is -2.19. The standard InChI is InChI=1S/C15H23NO3/c1-10-6-7-11(2)14(8-10)19-13(4)15(17)16-12(3)9-18-5/h6-8,12-13H,9H2,1-5H3,(H,16,17)/t12-,13+/m1/s1. The van der Waals surface area contributed by atoms with E-state index in [1.54, 1.807) is 14.0 Å². The summed E-state index contributed by atoms with van der Waals surface area (Å²) in [6.07, 6.45) is -0.528. The first-order valence-corrected chi connectivity index (χ1v) is 6.47. The number of carbonyl (C=O) groups is 1. The number of hydrogen-bond donors (Lipinski definition) is 1. The van der Waals surface area contributed by atoms with Crippen LogP contribution in [0.3, 0.4) is 0 Å². The van der Waals surface area contributed by atoms with Gasteiger partial charge in [0.2, 0.25) is 0 Å². The summed E-state index contributed by atoms with van der Waals surface area (Å²) in [7, 11) is 1.61. The highest BCUT2D eigenvalue weighted by atomic mass is 16.5. The third kappa shape index (κ3) is 4.91. The van der Waals surface area contributed by atoms with Crippen molar-refractivity contribution in [3.05, 3.63) is 29.3 Å². The molecule has 1 N–H and O–H groups in total. The third-order valence-electron chi connectivity index (χ3n) is 2.82. The number of nitrogens with one attached hydrogen (secondary N) is 1. The van der Waals surface area contributed by atoms with Crippen LogP contribution in [0.5, 0.6) is 5.75 Å². The molecule has 1 aromatic carbocycles. The minimum Gasteiger partial charge on any atom is -0.481 e. The zero-order valence-electron chi connectivity index (χ0n) is 12.3. The molecule has 0 aliphatic heterocycles.